The second-order valence-corrected chi connectivity index (χ2v) is 3.05. The first kappa shape index (κ1) is 6.61. The summed E-state index contributed by atoms with van der Waals surface area (Å²) in [5.74, 6) is 1.92. The second-order valence-electron chi connectivity index (χ2n) is 2.38. The minimum absolute atomic E-state index is 0.336. The molecule has 0 bridgehead atoms. The summed E-state index contributed by atoms with van der Waals surface area (Å²) in [7, 11) is -0.336. The van der Waals surface area contributed by atoms with Crippen molar-refractivity contribution in [3.05, 3.63) is 29.8 Å². The van der Waals surface area contributed by atoms with E-state index in [0.29, 0.717) is 0 Å². The molecule has 3 heteroatoms. The van der Waals surface area contributed by atoms with Crippen molar-refractivity contribution in [2.24, 2.45) is 0 Å². The van der Waals surface area contributed by atoms with E-state index in [1.54, 1.807) is 0 Å². The Kier molecular flexibility index (Phi) is 1.51. The lowest BCUT2D eigenvalue weighted by atomic mass is 10.1. The molecule has 0 amide bonds. The van der Waals surface area contributed by atoms with Crippen LogP contribution >= 0.6 is 0 Å². The zero-order chi connectivity index (χ0) is 7.68. The molecule has 0 spiro atoms. The lowest BCUT2D eigenvalue weighted by molar-refractivity contribution is -0.102. The molecular weight excluding hydrogens is 156 g/mol. The average molecular weight is 164 g/mol. The standard InChI is InChI=1S/C8H8O2Si/c1-6-7-4-2-3-5-8(7)10-11-9-6/h2-5,11H,1H3. The molecule has 1 aromatic rings. The maximum Gasteiger partial charge on any atom is 0.440 e. The van der Waals surface area contributed by atoms with Crippen LogP contribution in [0.4, 0.5) is 0 Å². The van der Waals surface area contributed by atoms with Gasteiger partial charge in [-0.25, -0.2) is 0 Å². The Balaban J connectivity index is 2.56. The zero-order valence-electron chi connectivity index (χ0n) is 6.20. The lowest BCUT2D eigenvalue weighted by Crippen LogP contribution is -2.13. The molecule has 0 saturated heterocycles. The molecule has 0 N–H and O–H groups in total. The first-order valence-corrected chi connectivity index (χ1v) is 4.40. The van der Waals surface area contributed by atoms with Crippen molar-refractivity contribution in [2.75, 3.05) is 0 Å². The molecule has 56 valence electrons. The molecule has 1 aliphatic rings. The van der Waals surface area contributed by atoms with Gasteiger partial charge in [0.05, 0.1) is 5.75 Å². The van der Waals surface area contributed by atoms with Gasteiger partial charge in [-0.1, -0.05) is 12.1 Å². The predicted molar refractivity (Wildman–Crippen MR) is 44.2 cm³/mol. The van der Waals surface area contributed by atoms with Crippen LogP contribution in [0.2, 0.25) is 0 Å². The van der Waals surface area contributed by atoms with Gasteiger partial charge in [-0.05, 0) is 12.1 Å². The van der Waals surface area contributed by atoms with Crippen molar-refractivity contribution in [1.29, 1.82) is 0 Å². The zero-order valence-corrected chi connectivity index (χ0v) is 7.36. The Morgan fingerprint density at radius 2 is 2.18 bits per heavy atom. The fraction of sp³-hybridized carbons (Fsp3) is 0.125. The summed E-state index contributed by atoms with van der Waals surface area (Å²) >= 11 is 0. The minimum atomic E-state index is -0.336. The molecule has 1 aromatic carbocycles. The normalized spacial score (nSPS) is 14.1. The summed E-state index contributed by atoms with van der Waals surface area (Å²) in [6.45, 7) is 1.97. The van der Waals surface area contributed by atoms with Crippen molar-refractivity contribution in [3.8, 4) is 5.75 Å². The summed E-state index contributed by atoms with van der Waals surface area (Å²) in [5, 5.41) is 0. The quantitative estimate of drug-likeness (QED) is 0.415. The lowest BCUT2D eigenvalue weighted by Gasteiger charge is -2.14. The molecule has 0 aliphatic carbocycles. The first-order chi connectivity index (χ1) is 5.38. The van der Waals surface area contributed by atoms with Gasteiger partial charge in [0, 0.05) is 6.92 Å². The third kappa shape index (κ3) is 1.07. The van der Waals surface area contributed by atoms with Gasteiger partial charge in [-0.2, -0.15) is 0 Å². The summed E-state index contributed by atoms with van der Waals surface area (Å²) in [6.07, 6.45) is 0. The minimum Gasteiger partial charge on any atom is -0.618 e. The molecule has 0 unspecified atom stereocenters. The molecule has 0 radical (unpaired) electrons. The molecule has 1 heterocycles. The fourth-order valence-corrected chi connectivity index (χ4v) is 1.70. The summed E-state index contributed by atoms with van der Waals surface area (Å²) in [6, 6.07) is 7.92. The number of rotatable bonds is 0. The van der Waals surface area contributed by atoms with Crippen LogP contribution in [0.3, 0.4) is 0 Å². The summed E-state index contributed by atoms with van der Waals surface area (Å²) in [5.41, 5.74) is 1.08. The van der Waals surface area contributed by atoms with Crippen molar-refractivity contribution < 1.29 is 8.54 Å². The van der Waals surface area contributed by atoms with Crippen LogP contribution in [0.15, 0.2) is 24.3 Å². The van der Waals surface area contributed by atoms with E-state index in [0.717, 1.165) is 17.1 Å². The van der Waals surface area contributed by atoms with Gasteiger partial charge in [0.1, 0.15) is 5.56 Å². The maximum atomic E-state index is 5.33. The number of benzene rings is 1. The van der Waals surface area contributed by atoms with E-state index in [-0.39, 0.29) is 10.0 Å². The maximum absolute atomic E-state index is 5.33. The van der Waals surface area contributed by atoms with Crippen LogP contribution < -0.4 is 4.43 Å². The van der Waals surface area contributed by atoms with Gasteiger partial charge in [0.25, 0.3) is 5.78 Å². The number of fused-ring (bicyclic) bond motifs is 1. The Hall–Kier alpha value is -1.09. The van der Waals surface area contributed by atoms with E-state index >= 15 is 0 Å². The summed E-state index contributed by atoms with van der Waals surface area (Å²) < 4.78 is 10.6. The van der Waals surface area contributed by atoms with Crippen molar-refractivity contribution in [2.45, 2.75) is 6.92 Å². The predicted octanol–water partition coefficient (Wildman–Crippen LogP) is 1.08. The molecule has 0 aromatic heterocycles. The van der Waals surface area contributed by atoms with E-state index in [1.807, 2.05) is 31.2 Å². The number of hydrogen-bond donors (Lipinski definition) is 0. The first-order valence-electron chi connectivity index (χ1n) is 3.46. The van der Waals surface area contributed by atoms with E-state index < -0.39 is 0 Å². The number of ketones is 1. The van der Waals surface area contributed by atoms with Gasteiger partial charge in [-0.3, -0.25) is 0 Å². The molecule has 1 aliphatic heterocycles. The third-order valence-electron chi connectivity index (χ3n) is 1.67. The highest BCUT2D eigenvalue weighted by Crippen LogP contribution is 2.20. The third-order valence-corrected chi connectivity index (χ3v) is 2.47. The highest BCUT2D eigenvalue weighted by Gasteiger charge is 2.14. The Bertz CT molecular complexity index is 307. The van der Waals surface area contributed by atoms with Gasteiger partial charge >= 0.3 is 10.0 Å². The molecule has 0 saturated carbocycles. The molecule has 11 heavy (non-hydrogen) atoms. The monoisotopic (exact) mass is 164 g/mol. The average Bonchev–Trinajstić information content (AvgIpc) is 2.06. The number of para-hydroxylation sites is 1. The summed E-state index contributed by atoms with van der Waals surface area (Å²) in [4.78, 5) is 0. The van der Waals surface area contributed by atoms with Crippen LogP contribution in [0.5, 0.6) is 5.75 Å². The van der Waals surface area contributed by atoms with Crippen LogP contribution in [0, 0.1) is 0 Å². The Labute approximate surface area is 67.6 Å². The largest absolute Gasteiger partial charge is 0.618 e. The Morgan fingerprint density at radius 1 is 1.36 bits per heavy atom. The van der Waals surface area contributed by atoms with Gasteiger partial charge in [-0.15, -0.1) is 0 Å². The number of hydrogen-bond acceptors (Lipinski definition) is 1. The topological polar surface area (TPSA) is 20.5 Å². The van der Waals surface area contributed by atoms with E-state index in [1.165, 1.54) is 0 Å². The second kappa shape index (κ2) is 2.51. The van der Waals surface area contributed by atoms with E-state index in [2.05, 4.69) is 0 Å². The molecule has 0 fully saturated rings. The smallest absolute Gasteiger partial charge is 0.440 e. The van der Waals surface area contributed by atoms with Crippen molar-refractivity contribution in [1.82, 2.24) is 0 Å². The molecular formula is C8H8O2Si. The van der Waals surface area contributed by atoms with Crippen molar-refractivity contribution >= 4 is 15.8 Å². The highest BCUT2D eigenvalue weighted by molar-refractivity contribution is 6.21. The molecule has 0 atom stereocenters. The fourth-order valence-electron chi connectivity index (χ4n) is 1.07. The molecule has 2 rings (SSSR count). The Morgan fingerprint density at radius 3 is 3.00 bits per heavy atom. The van der Waals surface area contributed by atoms with Crippen LogP contribution in [-0.4, -0.2) is 15.8 Å². The van der Waals surface area contributed by atoms with E-state index in [9.17, 15) is 0 Å². The molecule has 2 nitrogen and oxygen atoms in total. The number of carbonyl (C=O) groups excluding carboxylic acids is 1. The van der Waals surface area contributed by atoms with Gasteiger partial charge < -0.3 is 8.54 Å². The van der Waals surface area contributed by atoms with Crippen molar-refractivity contribution in [3.63, 3.8) is 0 Å². The highest BCUT2D eigenvalue weighted by atomic mass is 28.2. The van der Waals surface area contributed by atoms with Crippen LogP contribution in [-0.2, 0) is 0 Å². The van der Waals surface area contributed by atoms with Crippen LogP contribution in [0.1, 0.15) is 16.6 Å². The SMILES string of the molecule is CC1=[O+][SiH-]Oc2ccccc21. The van der Waals surface area contributed by atoms with Crippen LogP contribution in [0.25, 0.3) is 0 Å². The van der Waals surface area contributed by atoms with Gasteiger partial charge in [0.2, 0.25) is 0 Å². The van der Waals surface area contributed by atoms with E-state index in [4.69, 9.17) is 8.54 Å². The van der Waals surface area contributed by atoms with Gasteiger partial charge in [0.15, 0.2) is 0 Å².